The number of carbonyl (C=O) groups is 1. The lowest BCUT2D eigenvalue weighted by Crippen LogP contribution is -2.19. The van der Waals surface area contributed by atoms with Gasteiger partial charge in [-0.1, -0.05) is 12.1 Å². The normalized spacial score (nSPS) is 15.3. The monoisotopic (exact) mass is 444 g/mol. The summed E-state index contributed by atoms with van der Waals surface area (Å²) >= 11 is 0. The number of nitrogens with zero attached hydrogens (tertiary/aromatic N) is 1. The van der Waals surface area contributed by atoms with Crippen LogP contribution in [-0.2, 0) is 13.1 Å². The molecule has 2 aliphatic rings. The minimum absolute atomic E-state index is 0. The first-order chi connectivity index (χ1) is 13.0. The Morgan fingerprint density at radius 2 is 1.89 bits per heavy atom. The summed E-state index contributed by atoms with van der Waals surface area (Å²) in [5.74, 6) is -1.80. The van der Waals surface area contributed by atoms with Crippen LogP contribution in [0.5, 0.6) is 0 Å². The number of carboxylic acid groups (broad SMARTS) is 1. The van der Waals surface area contributed by atoms with Crippen LogP contribution >= 0.6 is 17.0 Å². The zero-order chi connectivity index (χ0) is 18.7. The molecule has 144 valence electrons. The van der Waals surface area contributed by atoms with Crippen LogP contribution < -0.4 is 10.7 Å². The van der Waals surface area contributed by atoms with Crippen molar-refractivity contribution in [3.63, 3.8) is 0 Å². The Bertz CT molecular complexity index is 1180. The van der Waals surface area contributed by atoms with E-state index < -0.39 is 17.2 Å². The Hall–Kier alpha value is -2.51. The van der Waals surface area contributed by atoms with Gasteiger partial charge in [0, 0.05) is 36.3 Å². The van der Waals surface area contributed by atoms with Gasteiger partial charge in [-0.2, -0.15) is 0 Å². The summed E-state index contributed by atoms with van der Waals surface area (Å²) < 4.78 is 16.7. The maximum atomic E-state index is 14.9. The number of aromatic carboxylic acids is 1. The van der Waals surface area contributed by atoms with Crippen molar-refractivity contribution in [2.24, 2.45) is 0 Å². The minimum atomic E-state index is -1.29. The molecule has 0 unspecified atom stereocenters. The average Bonchev–Trinajstić information content (AvgIpc) is 3.38. The molecule has 2 heterocycles. The zero-order valence-corrected chi connectivity index (χ0v) is 16.6. The molecule has 0 atom stereocenters. The predicted molar refractivity (Wildman–Crippen MR) is 110 cm³/mol. The van der Waals surface area contributed by atoms with E-state index in [2.05, 4.69) is 5.32 Å². The van der Waals surface area contributed by atoms with E-state index in [1.54, 1.807) is 6.07 Å². The fourth-order valence-electron chi connectivity index (χ4n) is 3.86. The second kappa shape index (κ2) is 6.83. The summed E-state index contributed by atoms with van der Waals surface area (Å²) in [5, 5.41) is 12.7. The topological polar surface area (TPSA) is 71.3 Å². The van der Waals surface area contributed by atoms with E-state index in [0.29, 0.717) is 11.1 Å². The number of hydrogen-bond acceptors (Lipinski definition) is 3. The lowest BCUT2D eigenvalue weighted by atomic mass is 9.98. The van der Waals surface area contributed by atoms with Crippen LogP contribution in [0.15, 0.2) is 41.3 Å². The number of pyridine rings is 1. The number of benzene rings is 2. The van der Waals surface area contributed by atoms with Crippen molar-refractivity contribution in [1.29, 1.82) is 0 Å². The number of carboxylic acids is 1. The lowest BCUT2D eigenvalue weighted by Gasteiger charge is -2.14. The Balaban J connectivity index is 0.00000192. The Kier molecular flexibility index (Phi) is 4.59. The molecular weight excluding hydrogens is 427 g/mol. The van der Waals surface area contributed by atoms with E-state index in [4.69, 9.17) is 0 Å². The predicted octanol–water partition coefficient (Wildman–Crippen LogP) is 4.02. The quantitative estimate of drug-likeness (QED) is 0.639. The van der Waals surface area contributed by atoms with Crippen LogP contribution in [-0.4, -0.2) is 15.6 Å². The molecule has 1 aliphatic carbocycles. The molecule has 0 spiro atoms. The second-order valence-corrected chi connectivity index (χ2v) is 7.25. The minimum Gasteiger partial charge on any atom is -0.477 e. The van der Waals surface area contributed by atoms with Gasteiger partial charge in [0.05, 0.1) is 5.52 Å². The second-order valence-electron chi connectivity index (χ2n) is 7.25. The Morgan fingerprint density at radius 3 is 2.61 bits per heavy atom. The summed E-state index contributed by atoms with van der Waals surface area (Å²) in [6, 6.07) is 8.89. The van der Waals surface area contributed by atoms with E-state index in [-0.39, 0.29) is 34.0 Å². The lowest BCUT2D eigenvalue weighted by molar-refractivity contribution is 0.0695. The van der Waals surface area contributed by atoms with Crippen LogP contribution in [0.2, 0.25) is 0 Å². The fraction of sp³-hybridized carbons (Fsp3) is 0.238. The Morgan fingerprint density at radius 1 is 1.14 bits per heavy atom. The van der Waals surface area contributed by atoms with E-state index in [0.717, 1.165) is 37.1 Å². The zero-order valence-electron chi connectivity index (χ0n) is 14.9. The van der Waals surface area contributed by atoms with Gasteiger partial charge in [-0.25, -0.2) is 9.18 Å². The van der Waals surface area contributed by atoms with Crippen LogP contribution in [0.3, 0.4) is 0 Å². The third-order valence-electron chi connectivity index (χ3n) is 5.44. The number of nitrogens with one attached hydrogen (secondary N) is 1. The smallest absolute Gasteiger partial charge is 0.341 e. The molecular formula is C21H18BrFN2O3. The summed E-state index contributed by atoms with van der Waals surface area (Å²) in [7, 11) is 0. The molecule has 28 heavy (non-hydrogen) atoms. The van der Waals surface area contributed by atoms with Gasteiger partial charge in [-0.05, 0) is 47.7 Å². The van der Waals surface area contributed by atoms with E-state index in [1.165, 1.54) is 17.8 Å². The number of fused-ring (bicyclic) bond motifs is 2. The largest absolute Gasteiger partial charge is 0.477 e. The maximum absolute atomic E-state index is 14.9. The molecule has 0 amide bonds. The molecule has 0 radical (unpaired) electrons. The van der Waals surface area contributed by atoms with Crippen LogP contribution in [0.25, 0.3) is 22.0 Å². The van der Waals surface area contributed by atoms with E-state index in [1.807, 2.05) is 22.8 Å². The molecule has 5 nitrogen and oxygen atoms in total. The van der Waals surface area contributed by atoms with Gasteiger partial charge in [0.2, 0.25) is 5.43 Å². The molecule has 1 saturated carbocycles. The summed E-state index contributed by atoms with van der Waals surface area (Å²) in [6.45, 7) is 1.57. The van der Waals surface area contributed by atoms with Gasteiger partial charge in [0.1, 0.15) is 11.4 Å². The SMILES string of the molecule is Br.O=C(O)c1cn(C2CC2)c2cc(-c3ccc4c(c3)CNC4)c(F)cc2c1=O. The van der Waals surface area contributed by atoms with Gasteiger partial charge >= 0.3 is 5.97 Å². The summed E-state index contributed by atoms with van der Waals surface area (Å²) in [6.07, 6.45) is 3.25. The van der Waals surface area contributed by atoms with E-state index in [9.17, 15) is 19.1 Å². The van der Waals surface area contributed by atoms with Gasteiger partial charge < -0.3 is 15.0 Å². The van der Waals surface area contributed by atoms with Gasteiger partial charge in [0.25, 0.3) is 0 Å². The number of rotatable bonds is 3. The first kappa shape index (κ1) is 18.8. The van der Waals surface area contributed by atoms with Crippen LogP contribution in [0, 0.1) is 5.82 Å². The van der Waals surface area contributed by atoms with Crippen LogP contribution in [0.1, 0.15) is 40.4 Å². The van der Waals surface area contributed by atoms with Gasteiger partial charge in [-0.3, -0.25) is 4.79 Å². The first-order valence-corrected chi connectivity index (χ1v) is 8.97. The molecule has 1 fully saturated rings. The first-order valence-electron chi connectivity index (χ1n) is 8.97. The van der Waals surface area contributed by atoms with Crippen molar-refractivity contribution in [2.45, 2.75) is 32.0 Å². The number of hydrogen-bond donors (Lipinski definition) is 2. The third kappa shape index (κ3) is 2.95. The molecule has 7 heteroatoms. The average molecular weight is 445 g/mol. The van der Waals surface area contributed by atoms with E-state index >= 15 is 0 Å². The highest BCUT2D eigenvalue weighted by Crippen LogP contribution is 2.38. The summed E-state index contributed by atoms with van der Waals surface area (Å²) in [4.78, 5) is 24.0. The standard InChI is InChI=1S/C21H17FN2O3.BrH/c22-18-6-16-19(24(14-3-4-14)10-17(20(16)25)21(26)27)7-15(18)11-1-2-12-8-23-9-13(12)5-11;/h1-2,5-7,10,14,23H,3-4,8-9H2,(H,26,27);1H. The van der Waals surface area contributed by atoms with Crippen LogP contribution in [0.4, 0.5) is 4.39 Å². The molecule has 3 aromatic rings. The number of aromatic nitrogens is 1. The highest BCUT2D eigenvalue weighted by molar-refractivity contribution is 8.93. The molecule has 1 aliphatic heterocycles. The highest BCUT2D eigenvalue weighted by Gasteiger charge is 2.27. The molecule has 0 saturated heterocycles. The fourth-order valence-corrected chi connectivity index (χ4v) is 3.86. The van der Waals surface area contributed by atoms with Gasteiger partial charge in [0.15, 0.2) is 0 Å². The summed E-state index contributed by atoms with van der Waals surface area (Å²) in [5.41, 5.74) is 3.17. The van der Waals surface area contributed by atoms with Crippen molar-refractivity contribution < 1.29 is 14.3 Å². The maximum Gasteiger partial charge on any atom is 0.341 e. The molecule has 5 rings (SSSR count). The molecule has 2 N–H and O–H groups in total. The highest BCUT2D eigenvalue weighted by atomic mass is 79.9. The van der Waals surface area contributed by atoms with Crippen molar-refractivity contribution in [2.75, 3.05) is 0 Å². The molecule has 0 bridgehead atoms. The van der Waals surface area contributed by atoms with Crippen molar-refractivity contribution in [3.05, 3.63) is 69.3 Å². The van der Waals surface area contributed by atoms with Crippen molar-refractivity contribution in [1.82, 2.24) is 9.88 Å². The number of halogens is 2. The van der Waals surface area contributed by atoms with Gasteiger partial charge in [-0.15, -0.1) is 17.0 Å². The third-order valence-corrected chi connectivity index (χ3v) is 5.44. The van der Waals surface area contributed by atoms with Crippen molar-refractivity contribution >= 4 is 33.9 Å². The molecule has 1 aromatic heterocycles. The Labute approximate surface area is 170 Å². The molecule has 2 aromatic carbocycles. The van der Waals surface area contributed by atoms with Crippen molar-refractivity contribution in [3.8, 4) is 11.1 Å².